The van der Waals surface area contributed by atoms with Crippen molar-refractivity contribution in [3.8, 4) is 0 Å². The van der Waals surface area contributed by atoms with Crippen LogP contribution in [0.25, 0.3) is 0 Å². The lowest BCUT2D eigenvalue weighted by Crippen LogP contribution is -2.51. The van der Waals surface area contributed by atoms with E-state index in [2.05, 4.69) is 20.5 Å². The summed E-state index contributed by atoms with van der Waals surface area (Å²) < 4.78 is 0. The fourth-order valence-corrected chi connectivity index (χ4v) is 3.02. The average molecular weight is 370 g/mol. The minimum absolute atomic E-state index is 0.0481. The summed E-state index contributed by atoms with van der Waals surface area (Å²) >= 11 is 0. The van der Waals surface area contributed by atoms with Crippen LogP contribution in [0.15, 0.2) is 24.3 Å². The largest absolute Gasteiger partial charge is 0.347 e. The number of hydrogen-bond acceptors (Lipinski definition) is 5. The highest BCUT2D eigenvalue weighted by Crippen LogP contribution is 2.10. The summed E-state index contributed by atoms with van der Waals surface area (Å²) in [6.07, 6.45) is 1.06. The number of aromatic nitrogens is 3. The summed E-state index contributed by atoms with van der Waals surface area (Å²) in [6.45, 7) is 6.52. The molecule has 1 saturated heterocycles. The molecular formula is C19H26N6O2. The molecule has 3 rings (SSSR count). The van der Waals surface area contributed by atoms with E-state index >= 15 is 0 Å². The van der Waals surface area contributed by atoms with Crippen LogP contribution >= 0.6 is 0 Å². The van der Waals surface area contributed by atoms with Gasteiger partial charge in [-0.3, -0.25) is 14.7 Å². The van der Waals surface area contributed by atoms with Crippen molar-refractivity contribution in [3.63, 3.8) is 0 Å². The van der Waals surface area contributed by atoms with Crippen LogP contribution in [-0.4, -0.2) is 64.6 Å². The molecule has 2 amide bonds. The molecule has 144 valence electrons. The molecule has 0 aliphatic carbocycles. The second kappa shape index (κ2) is 8.66. The highest BCUT2D eigenvalue weighted by Gasteiger charge is 2.23. The zero-order valence-corrected chi connectivity index (χ0v) is 15.9. The van der Waals surface area contributed by atoms with Gasteiger partial charge in [-0.2, -0.15) is 4.98 Å². The van der Waals surface area contributed by atoms with Gasteiger partial charge in [0.05, 0.1) is 6.54 Å². The Morgan fingerprint density at radius 3 is 2.44 bits per heavy atom. The fourth-order valence-electron chi connectivity index (χ4n) is 3.02. The van der Waals surface area contributed by atoms with Crippen LogP contribution in [0.2, 0.25) is 0 Å². The molecule has 0 bridgehead atoms. The molecule has 0 atom stereocenters. The minimum atomic E-state index is -0.0984. The lowest BCUT2D eigenvalue weighted by Gasteiger charge is -2.34. The number of nitrogens with one attached hydrogen (secondary N) is 2. The van der Waals surface area contributed by atoms with Crippen molar-refractivity contribution in [2.75, 3.05) is 37.6 Å². The van der Waals surface area contributed by atoms with Gasteiger partial charge in [-0.05, 0) is 25.8 Å². The molecule has 0 radical (unpaired) electrons. The number of H-pyrrole nitrogens is 1. The molecule has 1 fully saturated rings. The van der Waals surface area contributed by atoms with Crippen molar-refractivity contribution in [1.29, 1.82) is 0 Å². The maximum Gasteiger partial charge on any atom is 0.244 e. The molecule has 2 heterocycles. The van der Waals surface area contributed by atoms with E-state index in [1.807, 2.05) is 43.0 Å². The molecule has 0 unspecified atom stereocenters. The molecular weight excluding hydrogens is 344 g/mol. The summed E-state index contributed by atoms with van der Waals surface area (Å²) in [7, 11) is 0. The van der Waals surface area contributed by atoms with Gasteiger partial charge in [0.1, 0.15) is 5.82 Å². The number of rotatable bonds is 6. The van der Waals surface area contributed by atoms with E-state index in [-0.39, 0.29) is 18.4 Å². The first-order valence-corrected chi connectivity index (χ1v) is 9.25. The lowest BCUT2D eigenvalue weighted by molar-refractivity contribution is -0.133. The summed E-state index contributed by atoms with van der Waals surface area (Å²) in [6, 6.07) is 8.14. The van der Waals surface area contributed by atoms with Crippen LogP contribution in [0.1, 0.15) is 23.4 Å². The smallest absolute Gasteiger partial charge is 0.244 e. The molecule has 8 nitrogen and oxygen atoms in total. The van der Waals surface area contributed by atoms with Crippen molar-refractivity contribution < 1.29 is 9.59 Å². The van der Waals surface area contributed by atoms with Gasteiger partial charge < -0.3 is 15.1 Å². The maximum absolute atomic E-state index is 12.3. The number of aromatic amines is 1. The van der Waals surface area contributed by atoms with E-state index in [0.29, 0.717) is 45.0 Å². The van der Waals surface area contributed by atoms with Crippen molar-refractivity contribution in [2.24, 2.45) is 0 Å². The van der Waals surface area contributed by atoms with E-state index in [1.165, 1.54) is 5.56 Å². The zero-order valence-electron chi connectivity index (χ0n) is 15.9. The van der Waals surface area contributed by atoms with Gasteiger partial charge in [0.25, 0.3) is 0 Å². The number of nitrogens with zero attached hydrogens (tertiary/aromatic N) is 4. The van der Waals surface area contributed by atoms with E-state index in [4.69, 9.17) is 0 Å². The van der Waals surface area contributed by atoms with Crippen LogP contribution in [-0.2, 0) is 16.0 Å². The SMILES string of the molecule is Cc1ccc(CCC(=O)NCC(=O)N2CCN(c3n[nH]c(C)n3)CC2)cc1. The van der Waals surface area contributed by atoms with Gasteiger partial charge in [0.15, 0.2) is 0 Å². The molecule has 1 aromatic carbocycles. The van der Waals surface area contributed by atoms with Crippen LogP contribution in [0.4, 0.5) is 5.95 Å². The number of piperazine rings is 1. The minimum Gasteiger partial charge on any atom is -0.347 e. The monoisotopic (exact) mass is 370 g/mol. The Labute approximate surface area is 159 Å². The average Bonchev–Trinajstić information content (AvgIpc) is 3.12. The predicted molar refractivity (Wildman–Crippen MR) is 102 cm³/mol. The van der Waals surface area contributed by atoms with E-state index < -0.39 is 0 Å². The number of amides is 2. The highest BCUT2D eigenvalue weighted by atomic mass is 16.2. The number of hydrogen-bond donors (Lipinski definition) is 2. The predicted octanol–water partition coefficient (Wildman–Crippen LogP) is 0.819. The van der Waals surface area contributed by atoms with Crippen molar-refractivity contribution in [2.45, 2.75) is 26.7 Å². The quantitative estimate of drug-likeness (QED) is 0.785. The third-order valence-corrected chi connectivity index (χ3v) is 4.70. The van der Waals surface area contributed by atoms with E-state index in [0.717, 1.165) is 11.4 Å². The van der Waals surface area contributed by atoms with Gasteiger partial charge in [-0.1, -0.05) is 29.8 Å². The Bertz CT molecular complexity index is 778. The van der Waals surface area contributed by atoms with Crippen molar-refractivity contribution >= 4 is 17.8 Å². The lowest BCUT2D eigenvalue weighted by atomic mass is 10.1. The van der Waals surface area contributed by atoms with Gasteiger partial charge in [0, 0.05) is 32.6 Å². The number of carbonyl (C=O) groups is 2. The first-order valence-electron chi connectivity index (χ1n) is 9.25. The van der Waals surface area contributed by atoms with Gasteiger partial charge in [-0.15, -0.1) is 5.10 Å². The molecule has 1 aliphatic heterocycles. The topological polar surface area (TPSA) is 94.2 Å². The van der Waals surface area contributed by atoms with Gasteiger partial charge in [0.2, 0.25) is 17.8 Å². The number of aryl methyl sites for hydroxylation is 3. The second-order valence-electron chi connectivity index (χ2n) is 6.85. The zero-order chi connectivity index (χ0) is 19.2. The first-order chi connectivity index (χ1) is 13.0. The Morgan fingerprint density at radius 2 is 1.81 bits per heavy atom. The van der Waals surface area contributed by atoms with Gasteiger partial charge >= 0.3 is 0 Å². The second-order valence-corrected chi connectivity index (χ2v) is 6.85. The Balaban J connectivity index is 1.36. The highest BCUT2D eigenvalue weighted by molar-refractivity contribution is 5.85. The molecule has 0 saturated carbocycles. The van der Waals surface area contributed by atoms with Crippen LogP contribution in [0.5, 0.6) is 0 Å². The Morgan fingerprint density at radius 1 is 1.11 bits per heavy atom. The standard InChI is InChI=1S/C19H26N6O2/c1-14-3-5-16(6-4-14)7-8-17(26)20-13-18(27)24-9-11-25(12-10-24)19-21-15(2)22-23-19/h3-6H,7-13H2,1-2H3,(H,20,26)(H,21,22,23). The van der Waals surface area contributed by atoms with Crippen LogP contribution in [0, 0.1) is 13.8 Å². The third-order valence-electron chi connectivity index (χ3n) is 4.70. The molecule has 1 aliphatic rings. The van der Waals surface area contributed by atoms with Gasteiger partial charge in [-0.25, -0.2) is 0 Å². The molecule has 1 aromatic heterocycles. The fraction of sp³-hybridized carbons (Fsp3) is 0.474. The van der Waals surface area contributed by atoms with Crippen LogP contribution in [0.3, 0.4) is 0 Å². The number of carbonyl (C=O) groups excluding carboxylic acids is 2. The third kappa shape index (κ3) is 5.29. The number of anilines is 1. The Hall–Kier alpha value is -2.90. The summed E-state index contributed by atoms with van der Waals surface area (Å²) in [5, 5.41) is 9.71. The van der Waals surface area contributed by atoms with E-state index in [9.17, 15) is 9.59 Å². The Kier molecular flexibility index (Phi) is 6.05. The molecule has 8 heteroatoms. The summed E-state index contributed by atoms with van der Waals surface area (Å²) in [4.78, 5) is 32.5. The normalized spacial score (nSPS) is 14.3. The molecule has 2 N–H and O–H groups in total. The van der Waals surface area contributed by atoms with Crippen molar-refractivity contribution in [1.82, 2.24) is 25.4 Å². The van der Waals surface area contributed by atoms with Crippen molar-refractivity contribution in [3.05, 3.63) is 41.2 Å². The van der Waals surface area contributed by atoms with E-state index in [1.54, 1.807) is 4.90 Å². The molecule has 27 heavy (non-hydrogen) atoms. The summed E-state index contributed by atoms with van der Waals surface area (Å²) in [5.41, 5.74) is 2.33. The number of benzene rings is 1. The van der Waals surface area contributed by atoms with Crippen LogP contribution < -0.4 is 10.2 Å². The first kappa shape index (κ1) is 18.9. The molecule has 2 aromatic rings. The maximum atomic E-state index is 12.3. The summed E-state index contributed by atoms with van der Waals surface area (Å²) in [5.74, 6) is 1.30. The molecule has 0 spiro atoms.